The van der Waals surface area contributed by atoms with Gasteiger partial charge in [-0.3, -0.25) is 19.7 Å². The second-order valence-corrected chi connectivity index (χ2v) is 2.97. The molecular weight excluding hydrogens is 216 g/mol. The Bertz CT molecular complexity index is 423. The van der Waals surface area contributed by atoms with Crippen molar-refractivity contribution in [3.8, 4) is 0 Å². The topological polar surface area (TPSA) is 102 Å². The normalized spacial score (nSPS) is 9.81. The number of nitro groups is 1. The summed E-state index contributed by atoms with van der Waals surface area (Å²) in [6, 6.07) is 2.26. The Morgan fingerprint density at radius 3 is 2.69 bits per heavy atom. The van der Waals surface area contributed by atoms with Gasteiger partial charge in [0.1, 0.15) is 4.92 Å². The Morgan fingerprint density at radius 1 is 1.50 bits per heavy atom. The van der Waals surface area contributed by atoms with Gasteiger partial charge in [-0.2, -0.15) is 0 Å². The van der Waals surface area contributed by atoms with Gasteiger partial charge in [-0.15, -0.1) is 0 Å². The summed E-state index contributed by atoms with van der Waals surface area (Å²) in [5.41, 5.74) is 0. The van der Waals surface area contributed by atoms with Crippen molar-refractivity contribution in [2.45, 2.75) is 13.3 Å². The maximum Gasteiger partial charge on any atom is 0.433 e. The second kappa shape index (κ2) is 5.06. The number of hydrogen-bond donors (Lipinski definition) is 1. The smallest absolute Gasteiger partial charge is 0.395 e. The van der Waals surface area contributed by atoms with E-state index in [1.807, 2.05) is 0 Å². The molecule has 86 valence electrons. The van der Waals surface area contributed by atoms with Crippen LogP contribution >= 0.6 is 0 Å². The lowest BCUT2D eigenvalue weighted by atomic mass is 10.3. The van der Waals surface area contributed by atoms with Crippen molar-refractivity contribution in [2.75, 3.05) is 6.54 Å². The van der Waals surface area contributed by atoms with Gasteiger partial charge >= 0.3 is 5.88 Å². The number of carbonyl (C=O) groups is 2. The average Bonchev–Trinajstić information content (AvgIpc) is 2.74. The summed E-state index contributed by atoms with van der Waals surface area (Å²) in [5, 5.41) is 12.6. The molecule has 1 rings (SSSR count). The lowest BCUT2D eigenvalue weighted by Gasteiger charge is -1.99. The largest absolute Gasteiger partial charge is 0.433 e. The van der Waals surface area contributed by atoms with Crippen molar-refractivity contribution in [3.05, 3.63) is 28.0 Å². The van der Waals surface area contributed by atoms with E-state index in [4.69, 9.17) is 0 Å². The minimum Gasteiger partial charge on any atom is -0.395 e. The first-order chi connectivity index (χ1) is 7.54. The molecule has 0 aromatic carbocycles. The first kappa shape index (κ1) is 11.9. The molecule has 1 aromatic rings. The van der Waals surface area contributed by atoms with E-state index in [0.717, 1.165) is 6.07 Å². The Balaban J connectivity index is 2.59. The number of rotatable bonds is 5. The van der Waals surface area contributed by atoms with E-state index < -0.39 is 16.7 Å². The Hall–Kier alpha value is -2.18. The highest BCUT2D eigenvalue weighted by atomic mass is 16.6. The van der Waals surface area contributed by atoms with Crippen LogP contribution in [0.1, 0.15) is 23.9 Å². The van der Waals surface area contributed by atoms with Gasteiger partial charge in [0.2, 0.25) is 0 Å². The van der Waals surface area contributed by atoms with E-state index in [2.05, 4.69) is 9.73 Å². The van der Waals surface area contributed by atoms with Crippen molar-refractivity contribution in [1.82, 2.24) is 5.32 Å². The fourth-order valence-corrected chi connectivity index (χ4v) is 0.939. The summed E-state index contributed by atoms with van der Waals surface area (Å²) in [5.74, 6) is -1.47. The van der Waals surface area contributed by atoms with Gasteiger partial charge in [-0.25, -0.2) is 0 Å². The third-order valence-electron chi connectivity index (χ3n) is 1.84. The summed E-state index contributed by atoms with van der Waals surface area (Å²) in [6.07, 6.45) is 0.318. The van der Waals surface area contributed by atoms with Crippen LogP contribution in [0.25, 0.3) is 0 Å². The van der Waals surface area contributed by atoms with Gasteiger partial charge in [0, 0.05) is 6.42 Å². The zero-order valence-corrected chi connectivity index (χ0v) is 8.56. The highest BCUT2D eigenvalue weighted by Crippen LogP contribution is 2.15. The maximum atomic E-state index is 11.3. The summed E-state index contributed by atoms with van der Waals surface area (Å²) in [7, 11) is 0. The summed E-state index contributed by atoms with van der Waals surface area (Å²) >= 11 is 0. The SMILES string of the molecule is CCC(=O)CNC(=O)c1ccc([N+](=O)[O-])o1. The Labute approximate surface area is 90.6 Å². The van der Waals surface area contributed by atoms with Crippen LogP contribution in [-0.2, 0) is 4.79 Å². The number of ketones is 1. The fraction of sp³-hybridized carbons (Fsp3) is 0.333. The number of nitrogens with zero attached hydrogens (tertiary/aromatic N) is 1. The fourth-order valence-electron chi connectivity index (χ4n) is 0.939. The average molecular weight is 226 g/mol. The van der Waals surface area contributed by atoms with Crippen molar-refractivity contribution < 1.29 is 18.9 Å². The molecular formula is C9H10N2O5. The number of Topliss-reactive ketones (excluding diaryl/α,β-unsaturated/α-hetero) is 1. The van der Waals surface area contributed by atoms with E-state index in [1.165, 1.54) is 6.07 Å². The molecule has 0 aliphatic rings. The molecule has 0 unspecified atom stereocenters. The summed E-state index contributed by atoms with van der Waals surface area (Å²) in [6.45, 7) is 1.57. The van der Waals surface area contributed by atoms with Gasteiger partial charge in [0.15, 0.2) is 11.5 Å². The lowest BCUT2D eigenvalue weighted by molar-refractivity contribution is -0.402. The van der Waals surface area contributed by atoms with Crippen LogP contribution in [0.5, 0.6) is 0 Å². The highest BCUT2D eigenvalue weighted by Gasteiger charge is 2.17. The quantitative estimate of drug-likeness (QED) is 0.593. The predicted octanol–water partition coefficient (Wildman–Crippen LogP) is 0.897. The molecule has 0 atom stereocenters. The van der Waals surface area contributed by atoms with Crippen LogP contribution < -0.4 is 5.32 Å². The summed E-state index contributed by atoms with van der Waals surface area (Å²) in [4.78, 5) is 31.8. The molecule has 0 bridgehead atoms. The summed E-state index contributed by atoms with van der Waals surface area (Å²) < 4.78 is 4.65. The van der Waals surface area contributed by atoms with Crippen LogP contribution in [0, 0.1) is 10.1 Å². The van der Waals surface area contributed by atoms with E-state index in [0.29, 0.717) is 6.42 Å². The van der Waals surface area contributed by atoms with Gasteiger partial charge in [0.05, 0.1) is 12.6 Å². The molecule has 1 heterocycles. The van der Waals surface area contributed by atoms with Gasteiger partial charge in [-0.1, -0.05) is 6.92 Å². The first-order valence-electron chi connectivity index (χ1n) is 4.58. The number of carbonyl (C=O) groups excluding carboxylic acids is 2. The molecule has 0 aliphatic heterocycles. The van der Waals surface area contributed by atoms with E-state index in [1.54, 1.807) is 6.92 Å². The predicted molar refractivity (Wildman–Crippen MR) is 53.0 cm³/mol. The molecule has 0 saturated heterocycles. The van der Waals surface area contributed by atoms with E-state index >= 15 is 0 Å². The Morgan fingerprint density at radius 2 is 2.19 bits per heavy atom. The van der Waals surface area contributed by atoms with Crippen LogP contribution in [-0.4, -0.2) is 23.2 Å². The third-order valence-corrected chi connectivity index (χ3v) is 1.84. The first-order valence-corrected chi connectivity index (χ1v) is 4.58. The molecule has 1 aromatic heterocycles. The van der Waals surface area contributed by atoms with Crippen molar-refractivity contribution in [3.63, 3.8) is 0 Å². The molecule has 7 heteroatoms. The van der Waals surface area contributed by atoms with Gasteiger partial charge in [-0.05, 0) is 6.07 Å². The monoisotopic (exact) mass is 226 g/mol. The van der Waals surface area contributed by atoms with Crippen LogP contribution in [0.2, 0.25) is 0 Å². The van der Waals surface area contributed by atoms with Crippen LogP contribution in [0.15, 0.2) is 16.5 Å². The lowest BCUT2D eigenvalue weighted by Crippen LogP contribution is -2.28. The van der Waals surface area contributed by atoms with E-state index in [-0.39, 0.29) is 18.1 Å². The number of amides is 1. The zero-order chi connectivity index (χ0) is 12.1. The van der Waals surface area contributed by atoms with Crippen LogP contribution in [0.3, 0.4) is 0 Å². The van der Waals surface area contributed by atoms with Gasteiger partial charge in [0.25, 0.3) is 5.91 Å². The minimum atomic E-state index is -0.742. The number of furan rings is 1. The zero-order valence-electron chi connectivity index (χ0n) is 8.56. The molecule has 16 heavy (non-hydrogen) atoms. The third kappa shape index (κ3) is 2.91. The molecule has 1 amide bonds. The van der Waals surface area contributed by atoms with Crippen LogP contribution in [0.4, 0.5) is 5.88 Å². The molecule has 0 aliphatic carbocycles. The number of hydrogen-bond acceptors (Lipinski definition) is 5. The van der Waals surface area contributed by atoms with Crippen molar-refractivity contribution in [2.24, 2.45) is 0 Å². The van der Waals surface area contributed by atoms with E-state index in [9.17, 15) is 19.7 Å². The molecule has 0 spiro atoms. The number of nitrogens with one attached hydrogen (secondary N) is 1. The highest BCUT2D eigenvalue weighted by molar-refractivity contribution is 5.94. The molecule has 0 saturated carbocycles. The standard InChI is InChI=1S/C9H10N2O5/c1-2-6(12)5-10-9(13)7-3-4-8(16-7)11(14)15/h3-4H,2,5H2,1H3,(H,10,13). The minimum absolute atomic E-state index is 0.107. The molecule has 0 radical (unpaired) electrons. The Kier molecular flexibility index (Phi) is 3.76. The second-order valence-electron chi connectivity index (χ2n) is 2.97. The molecule has 7 nitrogen and oxygen atoms in total. The maximum absolute atomic E-state index is 11.3. The van der Waals surface area contributed by atoms with Gasteiger partial charge < -0.3 is 9.73 Å². The molecule has 0 fully saturated rings. The molecule has 1 N–H and O–H groups in total. The van der Waals surface area contributed by atoms with Crippen molar-refractivity contribution in [1.29, 1.82) is 0 Å². The van der Waals surface area contributed by atoms with Crippen molar-refractivity contribution >= 4 is 17.6 Å².